The lowest BCUT2D eigenvalue weighted by Crippen LogP contribution is -2.52. The molecule has 1 amide bonds. The first-order valence-corrected chi connectivity index (χ1v) is 9.33. The van der Waals surface area contributed by atoms with Gasteiger partial charge in [-0.05, 0) is 32.2 Å². The third kappa shape index (κ3) is 8.26. The van der Waals surface area contributed by atoms with Crippen LogP contribution >= 0.6 is 0 Å². The van der Waals surface area contributed by atoms with Gasteiger partial charge in [-0.2, -0.15) is 0 Å². The Balaban J connectivity index is 2.81. The topological polar surface area (TPSA) is 146 Å². The highest BCUT2D eigenvalue weighted by Crippen LogP contribution is 2.13. The van der Waals surface area contributed by atoms with Crippen LogP contribution in [0.2, 0.25) is 0 Å². The van der Waals surface area contributed by atoms with Crippen LogP contribution < -0.4 is 5.73 Å². The van der Waals surface area contributed by atoms with Gasteiger partial charge in [-0.15, -0.1) is 0 Å². The van der Waals surface area contributed by atoms with Gasteiger partial charge in [0.25, 0.3) is 0 Å². The Morgan fingerprint density at radius 3 is 2.58 bits per heavy atom. The highest BCUT2D eigenvalue weighted by Gasteiger charge is 2.34. The Hall–Kier alpha value is -0.810. The van der Waals surface area contributed by atoms with Gasteiger partial charge in [0.15, 0.2) is 0 Å². The maximum atomic E-state index is 12.3. The first-order valence-electron chi connectivity index (χ1n) is 9.33. The molecule has 26 heavy (non-hydrogen) atoms. The van der Waals surface area contributed by atoms with E-state index in [-0.39, 0.29) is 25.5 Å². The first-order chi connectivity index (χ1) is 12.5. The van der Waals surface area contributed by atoms with Crippen molar-refractivity contribution in [3.05, 3.63) is 0 Å². The van der Waals surface area contributed by atoms with Crippen LogP contribution in [0.25, 0.3) is 0 Å². The smallest absolute Gasteiger partial charge is 0.222 e. The van der Waals surface area contributed by atoms with Crippen molar-refractivity contribution in [2.45, 2.75) is 56.5 Å². The van der Waals surface area contributed by atoms with Crippen molar-refractivity contribution >= 4 is 5.91 Å². The van der Waals surface area contributed by atoms with Crippen molar-refractivity contribution in [3.63, 3.8) is 0 Å². The van der Waals surface area contributed by atoms with Gasteiger partial charge >= 0.3 is 0 Å². The molecule has 0 aromatic carbocycles. The zero-order chi connectivity index (χ0) is 19.4. The molecule has 0 aromatic rings. The summed E-state index contributed by atoms with van der Waals surface area (Å²) in [6.07, 6.45) is -2.37. The number of nitrogens with zero attached hydrogens (tertiary/aromatic N) is 1. The third-order valence-corrected chi connectivity index (χ3v) is 4.36. The molecule has 9 nitrogen and oxygen atoms in total. The number of aliphatic hydroxyl groups excluding tert-OH is 4. The molecule has 0 unspecified atom stereocenters. The van der Waals surface area contributed by atoms with E-state index in [1.807, 2.05) is 0 Å². The molecule has 1 saturated heterocycles. The second-order valence-corrected chi connectivity index (χ2v) is 6.55. The molecular weight excluding hydrogens is 344 g/mol. The quantitative estimate of drug-likeness (QED) is 0.377. The van der Waals surface area contributed by atoms with Crippen molar-refractivity contribution in [1.82, 2.24) is 4.90 Å². The number of ether oxygens (including phenoxy) is 2. The average molecular weight is 378 g/mol. The predicted octanol–water partition coefficient (Wildman–Crippen LogP) is -1.79. The van der Waals surface area contributed by atoms with Crippen LogP contribution in [0.1, 0.15) is 32.1 Å². The van der Waals surface area contributed by atoms with E-state index in [2.05, 4.69) is 0 Å². The number of amides is 1. The molecule has 9 heteroatoms. The van der Waals surface area contributed by atoms with Crippen molar-refractivity contribution in [1.29, 1.82) is 0 Å². The molecule has 1 heterocycles. The Bertz CT molecular complexity index is 386. The highest BCUT2D eigenvalue weighted by atomic mass is 16.5. The maximum absolute atomic E-state index is 12.3. The minimum Gasteiger partial charge on any atom is -0.394 e. The van der Waals surface area contributed by atoms with Gasteiger partial charge in [-0.25, -0.2) is 0 Å². The average Bonchev–Trinajstić information content (AvgIpc) is 2.64. The van der Waals surface area contributed by atoms with Crippen LogP contribution in [0.15, 0.2) is 0 Å². The number of aliphatic hydroxyl groups is 4. The van der Waals surface area contributed by atoms with Crippen LogP contribution in [0.3, 0.4) is 0 Å². The number of hydrogen-bond acceptors (Lipinski definition) is 8. The van der Waals surface area contributed by atoms with E-state index in [0.717, 1.165) is 6.42 Å². The molecule has 0 aromatic heterocycles. The van der Waals surface area contributed by atoms with Gasteiger partial charge in [0.2, 0.25) is 5.91 Å². The SMILES string of the molecule is NCCCC(=O)N1CCCOCCCCO[C@H]([C@H](O)CO)[C@H](O)[C@H](O)C1. The van der Waals surface area contributed by atoms with E-state index in [4.69, 9.17) is 15.2 Å². The van der Waals surface area contributed by atoms with Crippen molar-refractivity contribution in [2.75, 3.05) is 46.1 Å². The molecular formula is C17H34N2O7. The lowest BCUT2D eigenvalue weighted by molar-refractivity contribution is -0.152. The monoisotopic (exact) mass is 378 g/mol. The van der Waals surface area contributed by atoms with Crippen molar-refractivity contribution in [2.24, 2.45) is 5.73 Å². The minimum absolute atomic E-state index is 0.0947. The molecule has 0 radical (unpaired) electrons. The predicted molar refractivity (Wildman–Crippen MR) is 94.4 cm³/mol. The van der Waals surface area contributed by atoms with E-state index < -0.39 is 31.0 Å². The van der Waals surface area contributed by atoms with Gasteiger partial charge < -0.3 is 40.5 Å². The summed E-state index contributed by atoms with van der Waals surface area (Å²) in [7, 11) is 0. The van der Waals surface area contributed by atoms with E-state index in [1.54, 1.807) is 0 Å². The Morgan fingerprint density at radius 2 is 1.88 bits per heavy atom. The molecule has 0 saturated carbocycles. The fraction of sp³-hybridized carbons (Fsp3) is 0.941. The molecule has 0 spiro atoms. The molecule has 1 rings (SSSR count). The van der Waals surface area contributed by atoms with Crippen molar-refractivity contribution < 1.29 is 34.7 Å². The van der Waals surface area contributed by atoms with Crippen molar-refractivity contribution in [3.8, 4) is 0 Å². The summed E-state index contributed by atoms with van der Waals surface area (Å²) in [6, 6.07) is 0. The lowest BCUT2D eigenvalue weighted by atomic mass is 10.0. The summed E-state index contributed by atoms with van der Waals surface area (Å²) < 4.78 is 11.0. The van der Waals surface area contributed by atoms with Crippen LogP contribution in [0.5, 0.6) is 0 Å². The standard InChI is InChI=1S/C17H34N2O7/c18-6-3-5-15(23)19-7-4-9-25-8-1-2-10-26-17(14(22)12-20)16(24)13(21)11-19/h13-14,16-17,20-22,24H,1-12,18H2/t13-,14-,16-,17-/m1/s1. The summed E-state index contributed by atoms with van der Waals surface area (Å²) in [6.45, 7) is 1.41. The summed E-state index contributed by atoms with van der Waals surface area (Å²) in [5.41, 5.74) is 5.45. The van der Waals surface area contributed by atoms with E-state index in [1.165, 1.54) is 4.90 Å². The summed E-state index contributed by atoms with van der Waals surface area (Å²) in [4.78, 5) is 13.8. The summed E-state index contributed by atoms with van der Waals surface area (Å²) in [5.74, 6) is -0.158. The maximum Gasteiger partial charge on any atom is 0.222 e. The van der Waals surface area contributed by atoms with Crippen LogP contribution in [0, 0.1) is 0 Å². The normalized spacial score (nSPS) is 28.3. The Morgan fingerprint density at radius 1 is 1.19 bits per heavy atom. The second kappa shape index (κ2) is 13.4. The van der Waals surface area contributed by atoms with Gasteiger partial charge in [0.05, 0.1) is 6.61 Å². The number of nitrogens with two attached hydrogens (primary N) is 1. The van der Waals surface area contributed by atoms with Crippen LogP contribution in [-0.2, 0) is 14.3 Å². The lowest BCUT2D eigenvalue weighted by Gasteiger charge is -2.33. The van der Waals surface area contributed by atoms with E-state index >= 15 is 0 Å². The number of carbonyl (C=O) groups is 1. The van der Waals surface area contributed by atoms with E-state index in [9.17, 15) is 25.2 Å². The molecule has 4 atom stereocenters. The molecule has 0 bridgehead atoms. The summed E-state index contributed by atoms with van der Waals surface area (Å²) >= 11 is 0. The van der Waals surface area contributed by atoms with Gasteiger partial charge in [-0.3, -0.25) is 4.79 Å². The van der Waals surface area contributed by atoms with E-state index in [0.29, 0.717) is 45.6 Å². The van der Waals surface area contributed by atoms with Gasteiger partial charge in [0, 0.05) is 39.3 Å². The Labute approximate surface area is 154 Å². The first kappa shape index (κ1) is 23.2. The molecule has 1 aliphatic heterocycles. The summed E-state index contributed by atoms with van der Waals surface area (Å²) in [5, 5.41) is 39.9. The van der Waals surface area contributed by atoms with Crippen LogP contribution in [-0.4, -0.2) is 102 Å². The fourth-order valence-electron chi connectivity index (χ4n) is 2.81. The number of rotatable bonds is 5. The van der Waals surface area contributed by atoms with Gasteiger partial charge in [-0.1, -0.05) is 0 Å². The third-order valence-electron chi connectivity index (χ3n) is 4.36. The molecule has 1 fully saturated rings. The fourth-order valence-corrected chi connectivity index (χ4v) is 2.81. The highest BCUT2D eigenvalue weighted by molar-refractivity contribution is 5.76. The molecule has 6 N–H and O–H groups in total. The zero-order valence-corrected chi connectivity index (χ0v) is 15.3. The molecule has 1 aliphatic rings. The van der Waals surface area contributed by atoms with Crippen LogP contribution in [0.4, 0.5) is 0 Å². The second-order valence-electron chi connectivity index (χ2n) is 6.55. The number of hydrogen-bond donors (Lipinski definition) is 5. The number of carbonyl (C=O) groups excluding carboxylic acids is 1. The van der Waals surface area contributed by atoms with Gasteiger partial charge in [0.1, 0.15) is 24.4 Å². The minimum atomic E-state index is -1.43. The molecule has 154 valence electrons. The zero-order valence-electron chi connectivity index (χ0n) is 15.3. The largest absolute Gasteiger partial charge is 0.394 e. The number of β-amino-alcohol motifs (C(OH)–C–C–N with tert-alkyl or cyclic N) is 1. The Kier molecular flexibility index (Phi) is 11.9. The molecule has 0 aliphatic carbocycles.